The summed E-state index contributed by atoms with van der Waals surface area (Å²) in [5.41, 5.74) is 6.19. The minimum absolute atomic E-state index is 0.602. The van der Waals surface area contributed by atoms with Gasteiger partial charge in [-0.05, 0) is 59.6 Å². The van der Waals surface area contributed by atoms with Gasteiger partial charge in [0.05, 0.1) is 11.4 Å². The lowest BCUT2D eigenvalue weighted by atomic mass is 10.1. The Kier molecular flexibility index (Phi) is 5.81. The Labute approximate surface area is 172 Å². The van der Waals surface area contributed by atoms with Crippen molar-refractivity contribution in [2.45, 2.75) is 52.6 Å². The van der Waals surface area contributed by atoms with E-state index < -0.39 is 8.07 Å². The van der Waals surface area contributed by atoms with Crippen molar-refractivity contribution in [1.82, 2.24) is 0 Å². The lowest BCUT2D eigenvalue weighted by Gasteiger charge is -2.45. The molecule has 3 rings (SSSR count). The van der Waals surface area contributed by atoms with Crippen LogP contribution in [0.1, 0.15) is 41.5 Å². The second-order valence-electron chi connectivity index (χ2n) is 8.76. The fourth-order valence-corrected chi connectivity index (χ4v) is 11.2. The van der Waals surface area contributed by atoms with Gasteiger partial charge in [0.2, 0.25) is 0 Å². The monoisotopic (exact) mass is 394 g/mol. The molecule has 0 saturated carbocycles. The number of aliphatic imine (C=N–C) groups is 1. The molecule has 0 atom stereocenters. The minimum Gasteiger partial charge on any atom is -0.378 e. The average molecular weight is 395 g/mol. The molecule has 0 aromatic heterocycles. The summed E-state index contributed by atoms with van der Waals surface area (Å²) in [6.07, 6.45) is 7.00. The molecule has 0 radical (unpaired) electrons. The average Bonchev–Trinajstić information content (AvgIpc) is 2.66. The molecule has 2 aliphatic rings. The van der Waals surface area contributed by atoms with Gasteiger partial charge >= 0.3 is 0 Å². The van der Waals surface area contributed by atoms with Crippen LogP contribution in [-0.4, -0.2) is 51.3 Å². The Morgan fingerprint density at radius 1 is 1.00 bits per heavy atom. The molecule has 0 fully saturated rings. The minimum atomic E-state index is -2.01. The van der Waals surface area contributed by atoms with Crippen LogP contribution >= 0.6 is 0 Å². The van der Waals surface area contributed by atoms with E-state index in [0.29, 0.717) is 11.1 Å². The van der Waals surface area contributed by atoms with E-state index in [9.17, 15) is 0 Å². The van der Waals surface area contributed by atoms with Crippen LogP contribution in [0.25, 0.3) is 0 Å². The Morgan fingerprint density at radius 3 is 2.18 bits per heavy atom. The number of nitrogens with zero attached hydrogens (tertiary/aromatic N) is 3. The first kappa shape index (κ1) is 20.8. The zero-order valence-corrected chi connectivity index (χ0v) is 19.9. The summed E-state index contributed by atoms with van der Waals surface area (Å²) in [4.78, 5) is 7.33. The first-order valence-corrected chi connectivity index (χ1v) is 12.9. The van der Waals surface area contributed by atoms with E-state index in [2.05, 4.69) is 102 Å². The van der Waals surface area contributed by atoms with Gasteiger partial charge in [0, 0.05) is 31.9 Å². The van der Waals surface area contributed by atoms with E-state index >= 15 is 0 Å². The zero-order valence-electron chi connectivity index (χ0n) is 18.9. The van der Waals surface area contributed by atoms with Gasteiger partial charge in [-0.2, -0.15) is 0 Å². The summed E-state index contributed by atoms with van der Waals surface area (Å²) >= 11 is 0. The van der Waals surface area contributed by atoms with E-state index in [-0.39, 0.29) is 0 Å². The molecule has 0 amide bonds. The van der Waals surface area contributed by atoms with Crippen LogP contribution in [0.15, 0.2) is 46.6 Å². The highest BCUT2D eigenvalue weighted by Gasteiger charge is 2.50. The summed E-state index contributed by atoms with van der Waals surface area (Å²) in [7, 11) is 2.25. The number of hydrogen-bond donors (Lipinski definition) is 0. The number of fused-ring (bicyclic) bond motifs is 2. The van der Waals surface area contributed by atoms with Gasteiger partial charge in [-0.15, -0.1) is 0 Å². The number of rotatable bonds is 5. The second kappa shape index (κ2) is 7.82. The molecule has 0 unspecified atom stereocenters. The number of anilines is 1. The third-order valence-corrected chi connectivity index (χ3v) is 12.8. The molecule has 150 valence electrons. The van der Waals surface area contributed by atoms with Gasteiger partial charge in [0.1, 0.15) is 21.2 Å². The predicted molar refractivity (Wildman–Crippen MR) is 127 cm³/mol. The molecule has 1 aliphatic carbocycles. The van der Waals surface area contributed by atoms with Crippen molar-refractivity contribution in [3.05, 3.63) is 41.6 Å². The molecule has 4 heteroatoms. The van der Waals surface area contributed by atoms with Crippen molar-refractivity contribution in [3.8, 4) is 0 Å². The SMILES string of the molecule is CC[N+](CC)=C1C=CC2=Nc3ccc(N(C)C)cc3[Si](C(C)C)(C(C)C)C2=C1. The lowest BCUT2D eigenvalue weighted by molar-refractivity contribution is -0.519. The fourth-order valence-electron chi connectivity index (χ4n) is 5.15. The fraction of sp³-hybridized carbons (Fsp3) is 0.500. The molecule has 1 aromatic rings. The Bertz CT molecular complexity index is 871. The van der Waals surface area contributed by atoms with E-state index in [4.69, 9.17) is 4.99 Å². The first-order chi connectivity index (χ1) is 13.3. The highest BCUT2D eigenvalue weighted by Crippen LogP contribution is 2.44. The Morgan fingerprint density at radius 2 is 1.64 bits per heavy atom. The molecule has 0 spiro atoms. The molecule has 3 nitrogen and oxygen atoms in total. The molecule has 0 N–H and O–H groups in total. The summed E-state index contributed by atoms with van der Waals surface area (Å²) < 4.78 is 2.45. The highest BCUT2D eigenvalue weighted by molar-refractivity contribution is 7.04. The van der Waals surface area contributed by atoms with Crippen LogP contribution in [0.2, 0.25) is 11.1 Å². The van der Waals surface area contributed by atoms with Gasteiger partial charge < -0.3 is 4.90 Å². The normalized spacial score (nSPS) is 17.3. The summed E-state index contributed by atoms with van der Waals surface area (Å²) in [5.74, 6) is 0. The van der Waals surface area contributed by atoms with E-state index in [0.717, 1.165) is 13.1 Å². The second-order valence-corrected chi connectivity index (χ2v) is 13.9. The Balaban J connectivity index is 2.36. The van der Waals surface area contributed by atoms with Crippen LogP contribution < -0.4 is 10.1 Å². The van der Waals surface area contributed by atoms with Gasteiger partial charge in [0.25, 0.3) is 0 Å². The maximum Gasteiger partial charge on any atom is 0.199 e. The van der Waals surface area contributed by atoms with Crippen molar-refractivity contribution in [3.63, 3.8) is 0 Å². The summed E-state index contributed by atoms with van der Waals surface area (Å²) in [6, 6.07) is 6.87. The Hall–Kier alpha value is -1.94. The molecule has 0 saturated heterocycles. The first-order valence-electron chi connectivity index (χ1n) is 10.7. The number of allylic oxidation sites excluding steroid dienone is 4. The van der Waals surface area contributed by atoms with Crippen LogP contribution in [0.4, 0.5) is 11.4 Å². The number of hydrogen-bond acceptors (Lipinski definition) is 2. The molecule has 1 aromatic carbocycles. The molecule has 1 heterocycles. The molecule has 0 bridgehead atoms. The standard InChI is InChI=1S/C24H36N3Si/c1-9-27(10-2)20-12-14-22-24(16-20)28(17(3)4,18(5)6)23-15-19(26(7)8)11-13-21(23)25-22/h11-18H,9-10H2,1-8H3/q+1. The van der Waals surface area contributed by atoms with Crippen molar-refractivity contribution < 1.29 is 4.58 Å². The summed E-state index contributed by atoms with van der Waals surface area (Å²) in [5, 5.41) is 3.03. The maximum absolute atomic E-state index is 5.12. The zero-order chi connectivity index (χ0) is 20.6. The maximum atomic E-state index is 5.12. The molecule has 28 heavy (non-hydrogen) atoms. The van der Waals surface area contributed by atoms with Crippen molar-refractivity contribution in [2.24, 2.45) is 4.99 Å². The van der Waals surface area contributed by atoms with Gasteiger partial charge in [-0.3, -0.25) is 0 Å². The van der Waals surface area contributed by atoms with E-state index in [1.54, 1.807) is 0 Å². The van der Waals surface area contributed by atoms with Crippen LogP contribution in [0.5, 0.6) is 0 Å². The van der Waals surface area contributed by atoms with Gasteiger partial charge in [0.15, 0.2) is 5.71 Å². The number of benzene rings is 1. The highest BCUT2D eigenvalue weighted by atomic mass is 28.3. The smallest absolute Gasteiger partial charge is 0.199 e. The molecule has 1 aliphatic heterocycles. The van der Waals surface area contributed by atoms with Gasteiger partial charge in [-0.25, -0.2) is 9.57 Å². The van der Waals surface area contributed by atoms with Crippen LogP contribution in [0.3, 0.4) is 0 Å². The quantitative estimate of drug-likeness (QED) is 0.397. The van der Waals surface area contributed by atoms with Crippen molar-refractivity contribution >= 4 is 36.1 Å². The molecular formula is C24H36N3Si+. The topological polar surface area (TPSA) is 18.6 Å². The third-order valence-electron chi connectivity index (χ3n) is 6.56. The van der Waals surface area contributed by atoms with Crippen LogP contribution in [0, 0.1) is 0 Å². The molecular weight excluding hydrogens is 358 g/mol. The lowest BCUT2D eigenvalue weighted by Crippen LogP contribution is -2.59. The summed E-state index contributed by atoms with van der Waals surface area (Å²) in [6.45, 7) is 16.3. The van der Waals surface area contributed by atoms with E-state index in [1.807, 2.05) is 0 Å². The van der Waals surface area contributed by atoms with Crippen LogP contribution in [-0.2, 0) is 0 Å². The van der Waals surface area contributed by atoms with E-state index in [1.165, 1.54) is 33.2 Å². The van der Waals surface area contributed by atoms with Crippen molar-refractivity contribution in [1.29, 1.82) is 0 Å². The van der Waals surface area contributed by atoms with Gasteiger partial charge in [-0.1, -0.05) is 27.7 Å². The third kappa shape index (κ3) is 3.12. The largest absolute Gasteiger partial charge is 0.378 e. The predicted octanol–water partition coefficient (Wildman–Crippen LogP) is 4.84. The van der Waals surface area contributed by atoms with Crippen molar-refractivity contribution in [2.75, 3.05) is 32.1 Å².